The van der Waals surface area contributed by atoms with Crippen LogP contribution in [0.2, 0.25) is 0 Å². The number of benzene rings is 1. The van der Waals surface area contributed by atoms with Crippen LogP contribution in [0.15, 0.2) is 24.3 Å². The largest absolute Gasteiger partial charge is 0.377 e. The quantitative estimate of drug-likeness (QED) is 0.749. The number of rotatable bonds is 2. The highest BCUT2D eigenvalue weighted by molar-refractivity contribution is 9.09. The summed E-state index contributed by atoms with van der Waals surface area (Å²) in [5, 5.41) is 0.872. The zero-order chi connectivity index (χ0) is 10.7. The molecule has 0 bridgehead atoms. The van der Waals surface area contributed by atoms with Crippen molar-refractivity contribution in [3.05, 3.63) is 35.6 Å². The maximum atomic E-state index is 13.5. The summed E-state index contributed by atoms with van der Waals surface area (Å²) < 4.78 is 19.1. The molecule has 2 rings (SSSR count). The fourth-order valence-electron chi connectivity index (χ4n) is 1.98. The van der Waals surface area contributed by atoms with E-state index < -0.39 is 0 Å². The Morgan fingerprint density at radius 2 is 2.13 bits per heavy atom. The third-order valence-electron chi connectivity index (χ3n) is 2.89. The minimum Gasteiger partial charge on any atom is -0.377 e. The standard InChI is InChI=1S/C12H14BrFO/c13-7-10-6-5-9(8-15-10)11-3-1-2-4-12(11)14/h1-4,9-10H,5-8H2/t9-,10-/m0/s1. The molecule has 1 nitrogen and oxygen atoms in total. The molecule has 2 atom stereocenters. The first-order valence-corrected chi connectivity index (χ1v) is 6.35. The highest BCUT2D eigenvalue weighted by atomic mass is 79.9. The molecule has 0 aromatic heterocycles. The summed E-state index contributed by atoms with van der Waals surface area (Å²) in [4.78, 5) is 0. The molecule has 0 N–H and O–H groups in total. The van der Waals surface area contributed by atoms with Crippen molar-refractivity contribution in [1.82, 2.24) is 0 Å². The predicted octanol–water partition coefficient (Wildman–Crippen LogP) is 3.48. The minimum atomic E-state index is -0.108. The van der Waals surface area contributed by atoms with Gasteiger partial charge in [0.1, 0.15) is 5.82 Å². The van der Waals surface area contributed by atoms with Crippen LogP contribution in [0.4, 0.5) is 4.39 Å². The summed E-state index contributed by atoms with van der Waals surface area (Å²) in [6, 6.07) is 6.99. The lowest BCUT2D eigenvalue weighted by atomic mass is 9.91. The van der Waals surface area contributed by atoms with E-state index in [0.717, 1.165) is 23.7 Å². The number of alkyl halides is 1. The van der Waals surface area contributed by atoms with E-state index in [1.165, 1.54) is 6.07 Å². The lowest BCUT2D eigenvalue weighted by Crippen LogP contribution is -2.26. The predicted molar refractivity (Wildman–Crippen MR) is 61.9 cm³/mol. The first kappa shape index (κ1) is 11.1. The number of ether oxygens (including phenoxy) is 1. The Morgan fingerprint density at radius 1 is 1.33 bits per heavy atom. The van der Waals surface area contributed by atoms with Gasteiger partial charge in [0.15, 0.2) is 0 Å². The lowest BCUT2D eigenvalue weighted by molar-refractivity contribution is 0.0184. The van der Waals surface area contributed by atoms with Gasteiger partial charge in [0.2, 0.25) is 0 Å². The van der Waals surface area contributed by atoms with Crippen molar-refractivity contribution >= 4 is 15.9 Å². The average Bonchev–Trinajstić information content (AvgIpc) is 2.30. The second-order valence-corrected chi connectivity index (χ2v) is 4.55. The van der Waals surface area contributed by atoms with Crippen molar-refractivity contribution in [2.75, 3.05) is 11.9 Å². The highest BCUT2D eigenvalue weighted by Gasteiger charge is 2.23. The van der Waals surface area contributed by atoms with Gasteiger partial charge in [0.05, 0.1) is 12.7 Å². The maximum absolute atomic E-state index is 13.5. The topological polar surface area (TPSA) is 9.23 Å². The second kappa shape index (κ2) is 5.08. The van der Waals surface area contributed by atoms with Gasteiger partial charge < -0.3 is 4.74 Å². The monoisotopic (exact) mass is 272 g/mol. The van der Waals surface area contributed by atoms with Gasteiger partial charge in [-0.1, -0.05) is 34.1 Å². The van der Waals surface area contributed by atoms with Gasteiger partial charge in [0, 0.05) is 11.2 Å². The van der Waals surface area contributed by atoms with Crippen LogP contribution in [-0.2, 0) is 4.74 Å². The molecule has 0 spiro atoms. The van der Waals surface area contributed by atoms with E-state index >= 15 is 0 Å². The van der Waals surface area contributed by atoms with E-state index in [1.807, 2.05) is 12.1 Å². The van der Waals surface area contributed by atoms with Gasteiger partial charge in [-0.15, -0.1) is 0 Å². The molecule has 1 saturated heterocycles. The van der Waals surface area contributed by atoms with E-state index in [0.29, 0.717) is 12.7 Å². The molecule has 0 saturated carbocycles. The molecule has 1 aliphatic rings. The van der Waals surface area contributed by atoms with E-state index in [9.17, 15) is 4.39 Å². The molecule has 1 heterocycles. The van der Waals surface area contributed by atoms with Crippen LogP contribution >= 0.6 is 15.9 Å². The molecule has 0 aliphatic carbocycles. The molecule has 0 radical (unpaired) electrons. The summed E-state index contributed by atoms with van der Waals surface area (Å²) in [7, 11) is 0. The Kier molecular flexibility index (Phi) is 3.76. The maximum Gasteiger partial charge on any atom is 0.126 e. The van der Waals surface area contributed by atoms with Gasteiger partial charge in [-0.2, -0.15) is 0 Å². The van der Waals surface area contributed by atoms with Crippen LogP contribution in [0.5, 0.6) is 0 Å². The molecule has 0 unspecified atom stereocenters. The van der Waals surface area contributed by atoms with Crippen LogP contribution in [0.1, 0.15) is 24.3 Å². The third-order valence-corrected chi connectivity index (χ3v) is 3.61. The minimum absolute atomic E-state index is 0.108. The molecule has 1 aromatic carbocycles. The van der Waals surface area contributed by atoms with Crippen LogP contribution in [0.3, 0.4) is 0 Å². The van der Waals surface area contributed by atoms with Gasteiger partial charge in [-0.3, -0.25) is 0 Å². The smallest absolute Gasteiger partial charge is 0.126 e. The number of halogens is 2. The summed E-state index contributed by atoms with van der Waals surface area (Å²) in [6.07, 6.45) is 2.31. The van der Waals surface area contributed by atoms with E-state index in [4.69, 9.17) is 4.74 Å². The Bertz CT molecular complexity index is 321. The molecule has 15 heavy (non-hydrogen) atoms. The normalized spacial score (nSPS) is 26.5. The molecule has 82 valence electrons. The van der Waals surface area contributed by atoms with Crippen molar-refractivity contribution in [3.63, 3.8) is 0 Å². The molecule has 1 fully saturated rings. The van der Waals surface area contributed by atoms with Gasteiger partial charge in [-0.05, 0) is 24.5 Å². The Balaban J connectivity index is 2.04. The van der Waals surface area contributed by atoms with Crippen LogP contribution < -0.4 is 0 Å². The first-order chi connectivity index (χ1) is 7.31. The van der Waals surface area contributed by atoms with Gasteiger partial charge in [0.25, 0.3) is 0 Å². The van der Waals surface area contributed by atoms with Crippen LogP contribution in [0, 0.1) is 5.82 Å². The Labute approximate surface area is 97.8 Å². The molecular formula is C12H14BrFO. The fourth-order valence-corrected chi connectivity index (χ4v) is 2.49. The SMILES string of the molecule is Fc1ccccc1[C@H]1CC[C@@H](CBr)OC1. The molecular weight excluding hydrogens is 259 g/mol. The molecule has 0 amide bonds. The zero-order valence-electron chi connectivity index (χ0n) is 8.46. The Morgan fingerprint density at radius 3 is 2.73 bits per heavy atom. The fraction of sp³-hybridized carbons (Fsp3) is 0.500. The van der Waals surface area contributed by atoms with Crippen LogP contribution in [-0.4, -0.2) is 18.0 Å². The van der Waals surface area contributed by atoms with Crippen LogP contribution in [0.25, 0.3) is 0 Å². The van der Waals surface area contributed by atoms with E-state index in [2.05, 4.69) is 15.9 Å². The zero-order valence-corrected chi connectivity index (χ0v) is 10.0. The van der Waals surface area contributed by atoms with Gasteiger partial charge >= 0.3 is 0 Å². The summed E-state index contributed by atoms with van der Waals surface area (Å²) >= 11 is 3.40. The summed E-state index contributed by atoms with van der Waals surface area (Å²) in [5.41, 5.74) is 0.797. The number of hydrogen-bond donors (Lipinski definition) is 0. The first-order valence-electron chi connectivity index (χ1n) is 5.23. The highest BCUT2D eigenvalue weighted by Crippen LogP contribution is 2.30. The molecule has 3 heteroatoms. The van der Waals surface area contributed by atoms with Crippen molar-refractivity contribution in [3.8, 4) is 0 Å². The van der Waals surface area contributed by atoms with Gasteiger partial charge in [-0.25, -0.2) is 4.39 Å². The van der Waals surface area contributed by atoms with E-state index in [1.54, 1.807) is 6.07 Å². The third kappa shape index (κ3) is 2.58. The summed E-state index contributed by atoms with van der Waals surface area (Å²) in [6.45, 7) is 0.636. The molecule has 1 aliphatic heterocycles. The second-order valence-electron chi connectivity index (χ2n) is 3.91. The van der Waals surface area contributed by atoms with E-state index in [-0.39, 0.29) is 11.7 Å². The van der Waals surface area contributed by atoms with Crippen molar-refractivity contribution in [2.45, 2.75) is 24.9 Å². The Hall–Kier alpha value is -0.410. The van der Waals surface area contributed by atoms with Crippen molar-refractivity contribution < 1.29 is 9.13 Å². The van der Waals surface area contributed by atoms with Crippen molar-refractivity contribution in [2.24, 2.45) is 0 Å². The number of hydrogen-bond acceptors (Lipinski definition) is 1. The summed E-state index contributed by atoms with van der Waals surface area (Å²) in [5.74, 6) is 0.116. The molecule has 1 aromatic rings. The van der Waals surface area contributed by atoms with Crippen molar-refractivity contribution in [1.29, 1.82) is 0 Å². The average molecular weight is 273 g/mol. The lowest BCUT2D eigenvalue weighted by Gasteiger charge is -2.28.